The summed E-state index contributed by atoms with van der Waals surface area (Å²) in [7, 11) is 0. The van der Waals surface area contributed by atoms with Crippen LogP contribution in [0.2, 0.25) is 0 Å². The van der Waals surface area contributed by atoms with Crippen molar-refractivity contribution in [2.75, 3.05) is 12.8 Å². The lowest BCUT2D eigenvalue weighted by atomic mass is 10.1. The van der Waals surface area contributed by atoms with Gasteiger partial charge < -0.3 is 10.4 Å². The monoisotopic (exact) mass is 317 g/mol. The van der Waals surface area contributed by atoms with E-state index in [0.29, 0.717) is 16.6 Å². The van der Waals surface area contributed by atoms with Crippen LogP contribution in [0.4, 0.5) is 0 Å². The molecule has 2 N–H and O–H groups in total. The molecule has 1 amide bonds. The van der Waals surface area contributed by atoms with E-state index in [1.54, 1.807) is 23.9 Å². The zero-order valence-electron chi connectivity index (χ0n) is 10.1. The van der Waals surface area contributed by atoms with Crippen molar-refractivity contribution in [1.82, 2.24) is 5.32 Å². The lowest BCUT2D eigenvalue weighted by Gasteiger charge is -2.22. The van der Waals surface area contributed by atoms with Crippen molar-refractivity contribution in [2.45, 2.75) is 18.6 Å². The number of rotatable bonds is 4. The van der Waals surface area contributed by atoms with E-state index in [1.807, 2.05) is 6.26 Å². The van der Waals surface area contributed by atoms with Crippen molar-refractivity contribution in [3.63, 3.8) is 0 Å². The molecule has 0 heterocycles. The summed E-state index contributed by atoms with van der Waals surface area (Å²) in [5.74, 6) is -0.100. The Morgan fingerprint density at radius 3 is 2.71 bits per heavy atom. The molecular weight excluding hydrogens is 302 g/mol. The van der Waals surface area contributed by atoms with Gasteiger partial charge in [0.1, 0.15) is 5.75 Å². The summed E-state index contributed by atoms with van der Waals surface area (Å²) < 4.78 is 0.589. The van der Waals surface area contributed by atoms with Crippen molar-refractivity contribution in [2.24, 2.45) is 0 Å². The molecule has 94 valence electrons. The molecule has 0 aromatic heterocycles. The van der Waals surface area contributed by atoms with E-state index in [9.17, 15) is 9.90 Å². The Hall–Kier alpha value is -0.680. The highest BCUT2D eigenvalue weighted by Crippen LogP contribution is 2.24. The average Bonchev–Trinajstić information content (AvgIpc) is 2.30. The Labute approximate surface area is 114 Å². The minimum Gasteiger partial charge on any atom is -0.507 e. The molecule has 0 aliphatic rings. The highest BCUT2D eigenvalue weighted by molar-refractivity contribution is 9.10. The van der Waals surface area contributed by atoms with Crippen molar-refractivity contribution < 1.29 is 9.90 Å². The van der Waals surface area contributed by atoms with Crippen LogP contribution in [0.25, 0.3) is 0 Å². The molecule has 5 heteroatoms. The average molecular weight is 318 g/mol. The molecule has 0 saturated carbocycles. The molecule has 0 radical (unpaired) electrons. The quantitative estimate of drug-likeness (QED) is 0.897. The van der Waals surface area contributed by atoms with Crippen LogP contribution in [-0.4, -0.2) is 28.6 Å². The number of amides is 1. The SMILES string of the molecule is CSC(C)(C)CNC(=O)c1ccc(Br)c(O)c1. The Balaban J connectivity index is 2.68. The number of carbonyl (C=O) groups excluding carboxylic acids is 1. The predicted molar refractivity (Wildman–Crippen MR) is 75.7 cm³/mol. The lowest BCUT2D eigenvalue weighted by molar-refractivity contribution is 0.0950. The van der Waals surface area contributed by atoms with Crippen LogP contribution in [0.5, 0.6) is 5.75 Å². The molecule has 0 aliphatic heterocycles. The van der Waals surface area contributed by atoms with Crippen LogP contribution >= 0.6 is 27.7 Å². The molecule has 1 aromatic rings. The van der Waals surface area contributed by atoms with Gasteiger partial charge in [-0.3, -0.25) is 4.79 Å². The van der Waals surface area contributed by atoms with E-state index in [2.05, 4.69) is 35.1 Å². The summed E-state index contributed by atoms with van der Waals surface area (Å²) >= 11 is 4.87. The first-order valence-electron chi connectivity index (χ1n) is 5.17. The third-order valence-electron chi connectivity index (χ3n) is 2.44. The van der Waals surface area contributed by atoms with Crippen LogP contribution in [0.15, 0.2) is 22.7 Å². The van der Waals surface area contributed by atoms with E-state index >= 15 is 0 Å². The molecule has 0 saturated heterocycles. The highest BCUT2D eigenvalue weighted by atomic mass is 79.9. The number of thioether (sulfide) groups is 1. The number of carbonyl (C=O) groups is 1. The molecule has 0 fully saturated rings. The van der Waals surface area contributed by atoms with Crippen molar-refractivity contribution in [1.29, 1.82) is 0 Å². The van der Waals surface area contributed by atoms with E-state index in [4.69, 9.17) is 0 Å². The van der Waals surface area contributed by atoms with Crippen LogP contribution < -0.4 is 5.32 Å². The molecule has 0 unspecified atom stereocenters. The van der Waals surface area contributed by atoms with Gasteiger partial charge in [0.15, 0.2) is 0 Å². The molecule has 3 nitrogen and oxygen atoms in total. The van der Waals surface area contributed by atoms with Gasteiger partial charge in [0, 0.05) is 16.9 Å². The van der Waals surface area contributed by atoms with Crippen LogP contribution in [-0.2, 0) is 0 Å². The first kappa shape index (κ1) is 14.4. The smallest absolute Gasteiger partial charge is 0.251 e. The third kappa shape index (κ3) is 4.24. The van der Waals surface area contributed by atoms with Crippen molar-refractivity contribution in [3.8, 4) is 5.75 Å². The first-order valence-corrected chi connectivity index (χ1v) is 7.19. The molecule has 0 bridgehead atoms. The minimum atomic E-state index is -0.171. The number of aromatic hydroxyl groups is 1. The van der Waals surface area contributed by atoms with Crippen molar-refractivity contribution in [3.05, 3.63) is 28.2 Å². The summed E-state index contributed by atoms with van der Waals surface area (Å²) in [5, 5.41) is 12.3. The van der Waals surface area contributed by atoms with Crippen LogP contribution in [0, 0.1) is 0 Å². The number of benzene rings is 1. The number of halogens is 1. The number of nitrogens with one attached hydrogen (secondary N) is 1. The fourth-order valence-corrected chi connectivity index (χ4v) is 1.58. The molecule has 0 atom stereocenters. The van der Waals surface area contributed by atoms with Gasteiger partial charge in [0.25, 0.3) is 5.91 Å². The number of phenols is 1. The molecule has 0 spiro atoms. The normalized spacial score (nSPS) is 11.3. The molecule has 1 aromatic carbocycles. The van der Waals surface area contributed by atoms with Crippen LogP contribution in [0.1, 0.15) is 24.2 Å². The molecule has 17 heavy (non-hydrogen) atoms. The zero-order chi connectivity index (χ0) is 13.1. The maximum atomic E-state index is 11.8. The molecular formula is C12H16BrNO2S. The summed E-state index contributed by atoms with van der Waals surface area (Å²) in [4.78, 5) is 11.8. The fourth-order valence-electron chi connectivity index (χ4n) is 1.12. The van der Waals surface area contributed by atoms with E-state index in [0.717, 1.165) is 0 Å². The van der Waals surface area contributed by atoms with E-state index < -0.39 is 0 Å². The number of phenolic OH excluding ortho intramolecular Hbond substituents is 1. The summed E-state index contributed by atoms with van der Waals surface area (Å²) in [6, 6.07) is 4.78. The van der Waals surface area contributed by atoms with Gasteiger partial charge in [-0.25, -0.2) is 0 Å². The number of hydrogen-bond acceptors (Lipinski definition) is 3. The Morgan fingerprint density at radius 1 is 1.53 bits per heavy atom. The fraction of sp³-hybridized carbons (Fsp3) is 0.417. The van der Waals surface area contributed by atoms with Gasteiger partial charge in [-0.05, 0) is 54.2 Å². The van der Waals surface area contributed by atoms with Gasteiger partial charge in [0.2, 0.25) is 0 Å². The Morgan fingerprint density at radius 2 is 2.18 bits per heavy atom. The lowest BCUT2D eigenvalue weighted by Crippen LogP contribution is -2.36. The van der Waals surface area contributed by atoms with Crippen LogP contribution in [0.3, 0.4) is 0 Å². The highest BCUT2D eigenvalue weighted by Gasteiger charge is 2.17. The van der Waals surface area contributed by atoms with Gasteiger partial charge in [-0.2, -0.15) is 11.8 Å². The second-order valence-corrected chi connectivity index (χ2v) is 6.68. The maximum Gasteiger partial charge on any atom is 0.251 e. The Bertz CT molecular complexity index is 421. The van der Waals surface area contributed by atoms with Gasteiger partial charge in [-0.15, -0.1) is 0 Å². The predicted octanol–water partition coefficient (Wildman–Crippen LogP) is 3.03. The standard InChI is InChI=1S/C12H16BrNO2S/c1-12(2,17-3)7-14-11(16)8-4-5-9(13)10(15)6-8/h4-6,15H,7H2,1-3H3,(H,14,16). The summed E-state index contributed by atoms with van der Waals surface area (Å²) in [6.07, 6.45) is 2.01. The van der Waals surface area contributed by atoms with Crippen molar-refractivity contribution >= 4 is 33.6 Å². The second-order valence-electron chi connectivity index (χ2n) is 4.31. The van der Waals surface area contributed by atoms with E-state index in [-0.39, 0.29) is 16.4 Å². The molecule has 0 aliphatic carbocycles. The van der Waals surface area contributed by atoms with Gasteiger partial charge >= 0.3 is 0 Å². The van der Waals surface area contributed by atoms with Gasteiger partial charge in [-0.1, -0.05) is 0 Å². The molecule has 1 rings (SSSR count). The maximum absolute atomic E-state index is 11.8. The summed E-state index contributed by atoms with van der Waals surface area (Å²) in [6.45, 7) is 4.72. The summed E-state index contributed by atoms with van der Waals surface area (Å²) in [5.41, 5.74) is 0.461. The topological polar surface area (TPSA) is 49.3 Å². The van der Waals surface area contributed by atoms with E-state index in [1.165, 1.54) is 6.07 Å². The number of hydrogen-bond donors (Lipinski definition) is 2. The minimum absolute atomic E-state index is 0.00701. The first-order chi connectivity index (χ1) is 7.85. The third-order valence-corrected chi connectivity index (χ3v) is 4.36. The largest absolute Gasteiger partial charge is 0.507 e. The second kappa shape index (κ2) is 5.78. The van der Waals surface area contributed by atoms with Gasteiger partial charge in [0.05, 0.1) is 4.47 Å². The zero-order valence-corrected chi connectivity index (χ0v) is 12.5. The Kier molecular flexibility index (Phi) is 4.89.